The second-order valence-corrected chi connectivity index (χ2v) is 0.835. The Kier molecular flexibility index (Phi) is 100. The Morgan fingerprint density at radius 3 is 1.50 bits per heavy atom. The van der Waals surface area contributed by atoms with Crippen molar-refractivity contribution in [1.82, 2.24) is 12.3 Å². The normalized spacial score (nSPS) is 3.80. The van der Waals surface area contributed by atoms with E-state index >= 15 is 0 Å². The van der Waals surface area contributed by atoms with Gasteiger partial charge in [-0.25, -0.2) is 0 Å². The summed E-state index contributed by atoms with van der Waals surface area (Å²) >= 11 is 3.11. The van der Waals surface area contributed by atoms with Crippen molar-refractivity contribution in [2.45, 2.75) is 6.92 Å². The molecule has 0 aromatic carbocycles. The van der Waals surface area contributed by atoms with E-state index < -0.39 is 5.97 Å². The van der Waals surface area contributed by atoms with Crippen molar-refractivity contribution in [3.63, 3.8) is 0 Å². The fraction of sp³-hybridized carbons (Fsp3) is 0.333. The maximum Gasteiger partial charge on any atom is 0.300 e. The van der Waals surface area contributed by atoms with Gasteiger partial charge in [-0.3, -0.25) is 9.59 Å². The Labute approximate surface area is 102 Å². The van der Waals surface area contributed by atoms with Gasteiger partial charge in [0.1, 0.15) is 0 Å². The van der Waals surface area contributed by atoms with Crippen molar-refractivity contribution in [1.29, 1.82) is 0 Å². The number of carboxylic acid groups (broad SMARTS) is 1. The zero-order chi connectivity index (χ0) is 6.28. The van der Waals surface area contributed by atoms with Crippen molar-refractivity contribution in [3.8, 4) is 0 Å². The van der Waals surface area contributed by atoms with Crippen LogP contribution in [0.1, 0.15) is 6.92 Å². The molecule has 0 spiro atoms. The molecule has 0 saturated heterocycles. The summed E-state index contributed by atoms with van der Waals surface area (Å²) in [6.07, 6.45) is 0. The van der Waals surface area contributed by atoms with Gasteiger partial charge in [0.15, 0.2) is 5.62 Å². The molecule has 0 atom stereocenters. The summed E-state index contributed by atoms with van der Waals surface area (Å²) in [4.78, 5) is 17.7. The molecule has 7 heteroatoms. The molecule has 60 valence electrons. The van der Waals surface area contributed by atoms with Gasteiger partial charge in [0, 0.05) is 52.4 Å². The summed E-state index contributed by atoms with van der Waals surface area (Å²) in [5.74, 6) is -0.833. The van der Waals surface area contributed by atoms with Crippen molar-refractivity contribution in [2.75, 3.05) is 0 Å². The Hall–Kier alpha value is 0.891. The molecule has 0 unspecified atom stereocenters. The summed E-state index contributed by atoms with van der Waals surface area (Å²) in [5, 5.41) is 7.42. The molecule has 2 radical (unpaired) electrons. The van der Waals surface area contributed by atoms with E-state index in [-0.39, 0.29) is 57.8 Å². The number of hydrogen-bond acceptors (Lipinski definition) is 4. The van der Waals surface area contributed by atoms with Crippen LogP contribution in [0.2, 0.25) is 0 Å². The second kappa shape index (κ2) is 32.7. The van der Waals surface area contributed by atoms with E-state index in [1.807, 2.05) is 0 Å². The molecule has 0 saturated carbocycles. The van der Waals surface area contributed by atoms with Gasteiger partial charge in [0.25, 0.3) is 5.97 Å². The Morgan fingerprint density at radius 2 is 1.50 bits per heavy atom. The van der Waals surface area contributed by atoms with Crippen LogP contribution in [0.5, 0.6) is 0 Å². The summed E-state index contributed by atoms with van der Waals surface area (Å²) in [5.41, 5.74) is 0.444. The van der Waals surface area contributed by atoms with Crippen LogP contribution >= 0.6 is 12.6 Å². The average molecular weight is 244 g/mol. The van der Waals surface area contributed by atoms with Crippen LogP contribution in [-0.2, 0) is 9.59 Å². The second-order valence-electron chi connectivity index (χ2n) is 0.624. The van der Waals surface area contributed by atoms with E-state index in [1.165, 1.54) is 0 Å². The minimum Gasteiger partial charge on any atom is -0.481 e. The molecular formula is C3H12N2O3SSr. The number of rotatable bonds is 0. The van der Waals surface area contributed by atoms with Crippen molar-refractivity contribution in [3.05, 3.63) is 0 Å². The predicted octanol–water partition coefficient (Wildman–Crippen LogP) is 0.140. The molecule has 5 nitrogen and oxygen atoms in total. The van der Waals surface area contributed by atoms with Gasteiger partial charge in [-0.05, 0) is 0 Å². The molecular weight excluding hydrogens is 232 g/mol. The third-order valence-electron chi connectivity index (χ3n) is 0. The smallest absolute Gasteiger partial charge is 0.300 e. The first-order valence-corrected chi connectivity index (χ1v) is 1.94. The van der Waals surface area contributed by atoms with E-state index in [1.54, 1.807) is 0 Å². The summed E-state index contributed by atoms with van der Waals surface area (Å²) in [6, 6.07) is 0. The zero-order valence-corrected chi connectivity index (χ0v) is 10.3. The van der Waals surface area contributed by atoms with Gasteiger partial charge < -0.3 is 17.4 Å². The molecule has 0 fully saturated rings. The van der Waals surface area contributed by atoms with Crippen LogP contribution < -0.4 is 12.3 Å². The average Bonchev–Trinajstić information content (AvgIpc) is 1.33. The molecule has 7 N–H and O–H groups in total. The molecule has 0 amide bonds. The molecule has 0 aromatic heterocycles. The fourth-order valence-corrected chi connectivity index (χ4v) is 0. The molecule has 10 heavy (non-hydrogen) atoms. The van der Waals surface area contributed by atoms with Gasteiger partial charge in [0.2, 0.25) is 0 Å². The van der Waals surface area contributed by atoms with Crippen molar-refractivity contribution < 1.29 is 14.7 Å². The maximum absolute atomic E-state index is 9.00. The molecule has 0 aliphatic carbocycles. The van der Waals surface area contributed by atoms with Gasteiger partial charge >= 0.3 is 0 Å². The van der Waals surface area contributed by atoms with Gasteiger partial charge in [-0.1, -0.05) is 0 Å². The number of carboxylic acids is 1. The molecule has 0 aliphatic heterocycles. The third kappa shape index (κ3) is 698. The monoisotopic (exact) mass is 244 g/mol. The number of hydrogen-bond donors (Lipinski definition) is 4. The Bertz CT molecular complexity index is 68.8. The van der Waals surface area contributed by atoms with Crippen LogP contribution in [0.4, 0.5) is 0 Å². The predicted molar refractivity (Wildman–Crippen MR) is 44.8 cm³/mol. The molecule has 0 aliphatic rings. The zero-order valence-electron chi connectivity index (χ0n) is 5.91. The summed E-state index contributed by atoms with van der Waals surface area (Å²) in [6.45, 7) is 1.08. The minimum atomic E-state index is -0.833. The van der Waals surface area contributed by atoms with E-state index in [4.69, 9.17) is 14.7 Å². The van der Waals surface area contributed by atoms with Crippen LogP contribution in [0.25, 0.3) is 0 Å². The quantitative estimate of drug-likeness (QED) is 0.274. The number of thiol groups is 1. The molecule has 0 heterocycles. The van der Waals surface area contributed by atoms with Gasteiger partial charge in [0.05, 0.1) is 0 Å². The summed E-state index contributed by atoms with van der Waals surface area (Å²) < 4.78 is 0. The van der Waals surface area contributed by atoms with Crippen molar-refractivity contribution in [2.24, 2.45) is 0 Å². The van der Waals surface area contributed by atoms with Crippen LogP contribution in [-0.4, -0.2) is 62.2 Å². The maximum atomic E-state index is 9.00. The van der Waals surface area contributed by atoms with Gasteiger partial charge in [-0.15, -0.1) is 12.6 Å². The Morgan fingerprint density at radius 1 is 1.50 bits per heavy atom. The standard InChI is InChI=1S/C2H4O2.CH2OS.2H3N.Sr/c1-2(3)4;2-1-3;;;/h1H3,(H,3,4);1H,(H,2,3);2*1H3;. The topological polar surface area (TPSA) is 124 Å². The van der Waals surface area contributed by atoms with Crippen LogP contribution in [0, 0.1) is 0 Å². The van der Waals surface area contributed by atoms with Crippen LogP contribution in [0.15, 0.2) is 0 Å². The van der Waals surface area contributed by atoms with Crippen LogP contribution in [0.3, 0.4) is 0 Å². The third-order valence-corrected chi connectivity index (χ3v) is 0. The first-order valence-electron chi connectivity index (χ1n) is 1.42. The first-order chi connectivity index (χ1) is 3.15. The Balaban J connectivity index is -0.0000000131. The van der Waals surface area contributed by atoms with E-state index in [0.29, 0.717) is 5.62 Å². The minimum absolute atomic E-state index is 0. The fourth-order valence-electron chi connectivity index (χ4n) is 0. The largest absolute Gasteiger partial charge is 0.481 e. The summed E-state index contributed by atoms with van der Waals surface area (Å²) in [7, 11) is 0. The molecule has 0 rings (SSSR count). The van der Waals surface area contributed by atoms with E-state index in [0.717, 1.165) is 6.92 Å². The number of carbonyl (C=O) groups excluding carboxylic acids is 1. The number of aliphatic carboxylic acids is 1. The number of carbonyl (C=O) groups is 2. The van der Waals surface area contributed by atoms with Crippen molar-refractivity contribution >= 4 is 69.7 Å². The van der Waals surface area contributed by atoms with E-state index in [2.05, 4.69) is 12.6 Å². The first kappa shape index (κ1) is 30.7. The molecule has 0 aromatic rings. The molecule has 0 bridgehead atoms. The SMILES string of the molecule is CC(=O)O.N.N.O=CS.[Sr]. The van der Waals surface area contributed by atoms with Gasteiger partial charge in [-0.2, -0.15) is 0 Å². The van der Waals surface area contributed by atoms with E-state index in [9.17, 15) is 0 Å².